The number of carboxylic acids is 1. The molecule has 0 saturated carbocycles. The summed E-state index contributed by atoms with van der Waals surface area (Å²) in [6, 6.07) is 9.47. The lowest BCUT2D eigenvalue weighted by Gasteiger charge is -2.42. The van der Waals surface area contributed by atoms with Crippen LogP contribution in [0.1, 0.15) is 17.8 Å². The van der Waals surface area contributed by atoms with Crippen LogP contribution in [0.4, 0.5) is 5.13 Å². The molecule has 3 rings (SSSR count). The summed E-state index contributed by atoms with van der Waals surface area (Å²) >= 11 is 1.28. The Morgan fingerprint density at radius 1 is 1.43 bits per heavy atom. The molecule has 0 amide bonds. The van der Waals surface area contributed by atoms with Crippen molar-refractivity contribution in [1.82, 2.24) is 9.36 Å². The Bertz CT molecular complexity index is 691. The Morgan fingerprint density at radius 2 is 2.17 bits per heavy atom. The quantitative estimate of drug-likeness (QED) is 0.886. The predicted octanol–water partition coefficient (Wildman–Crippen LogP) is 1.73. The number of piperidine rings is 1. The summed E-state index contributed by atoms with van der Waals surface area (Å²) in [6.45, 7) is 2.62. The fourth-order valence-corrected chi connectivity index (χ4v) is 3.76. The van der Waals surface area contributed by atoms with Crippen molar-refractivity contribution in [3.05, 3.63) is 41.7 Å². The van der Waals surface area contributed by atoms with Crippen molar-refractivity contribution in [3.63, 3.8) is 0 Å². The van der Waals surface area contributed by atoms with Crippen molar-refractivity contribution in [1.29, 1.82) is 0 Å². The average Bonchev–Trinajstić information content (AvgIpc) is 2.96. The molecule has 1 saturated heterocycles. The van der Waals surface area contributed by atoms with E-state index in [2.05, 4.69) is 9.36 Å². The summed E-state index contributed by atoms with van der Waals surface area (Å²) in [5.41, 5.74) is -0.230. The first kappa shape index (κ1) is 15.9. The number of aryl methyl sites for hydroxylation is 1. The molecule has 0 spiro atoms. The van der Waals surface area contributed by atoms with Crippen LogP contribution < -0.4 is 4.90 Å². The van der Waals surface area contributed by atoms with Gasteiger partial charge >= 0.3 is 5.97 Å². The topological polar surface area (TPSA) is 86.6 Å². The van der Waals surface area contributed by atoms with Gasteiger partial charge in [0.25, 0.3) is 0 Å². The summed E-state index contributed by atoms with van der Waals surface area (Å²) in [4.78, 5) is 18.2. The summed E-state index contributed by atoms with van der Waals surface area (Å²) in [5, 5.41) is 21.1. The second-order valence-electron chi connectivity index (χ2n) is 5.96. The largest absolute Gasteiger partial charge is 0.481 e. The predicted molar refractivity (Wildman–Crippen MR) is 87.7 cm³/mol. The van der Waals surface area contributed by atoms with Gasteiger partial charge < -0.3 is 15.1 Å². The number of β-amino-alcohol motifs (C(OH)–C–C–N with tert-alkyl or cyclic N) is 1. The highest BCUT2D eigenvalue weighted by Gasteiger charge is 2.49. The molecule has 2 atom stereocenters. The molecule has 23 heavy (non-hydrogen) atoms. The minimum Gasteiger partial charge on any atom is -0.481 e. The number of aliphatic hydroxyl groups is 1. The summed E-state index contributed by atoms with van der Waals surface area (Å²) in [7, 11) is 0. The van der Waals surface area contributed by atoms with Gasteiger partial charge in [0.15, 0.2) is 0 Å². The van der Waals surface area contributed by atoms with Crippen LogP contribution in [0.2, 0.25) is 0 Å². The molecule has 1 aromatic heterocycles. The first-order valence-electron chi connectivity index (χ1n) is 7.52. The first-order valence-corrected chi connectivity index (χ1v) is 8.29. The fourth-order valence-electron chi connectivity index (χ4n) is 3.06. The van der Waals surface area contributed by atoms with E-state index in [9.17, 15) is 15.0 Å². The lowest BCUT2D eigenvalue weighted by Crippen LogP contribution is -2.56. The van der Waals surface area contributed by atoms with Crippen LogP contribution in [0.5, 0.6) is 0 Å². The molecule has 122 valence electrons. The molecule has 1 fully saturated rings. The van der Waals surface area contributed by atoms with E-state index in [0.717, 1.165) is 10.7 Å². The molecule has 1 aliphatic rings. The van der Waals surface area contributed by atoms with Crippen LogP contribution >= 0.6 is 11.5 Å². The Labute approximate surface area is 138 Å². The van der Waals surface area contributed by atoms with E-state index >= 15 is 0 Å². The number of carbonyl (C=O) groups is 1. The van der Waals surface area contributed by atoms with E-state index in [1.165, 1.54) is 11.5 Å². The van der Waals surface area contributed by atoms with Crippen LogP contribution in [0.25, 0.3) is 0 Å². The normalized spacial score (nSPS) is 24.6. The summed E-state index contributed by atoms with van der Waals surface area (Å²) < 4.78 is 4.15. The summed E-state index contributed by atoms with van der Waals surface area (Å²) in [6.07, 6.45) is -0.261. The minimum absolute atomic E-state index is 0.258. The number of carboxylic acid groups (broad SMARTS) is 1. The number of hydrogen-bond acceptors (Lipinski definition) is 6. The third kappa shape index (κ3) is 3.07. The molecule has 2 heterocycles. The number of anilines is 1. The molecule has 0 bridgehead atoms. The van der Waals surface area contributed by atoms with Crippen molar-refractivity contribution in [2.45, 2.75) is 25.9 Å². The number of aliphatic carboxylic acids is 1. The lowest BCUT2D eigenvalue weighted by molar-refractivity contribution is -0.158. The van der Waals surface area contributed by atoms with Crippen molar-refractivity contribution in [3.8, 4) is 0 Å². The lowest BCUT2D eigenvalue weighted by atomic mass is 9.72. The number of nitrogens with zero attached hydrogens (tertiary/aromatic N) is 3. The minimum atomic E-state index is -1.16. The van der Waals surface area contributed by atoms with Crippen LogP contribution in [0.15, 0.2) is 30.3 Å². The molecule has 7 heteroatoms. The van der Waals surface area contributed by atoms with E-state index in [4.69, 9.17) is 0 Å². The van der Waals surface area contributed by atoms with Gasteiger partial charge in [0.2, 0.25) is 5.13 Å². The van der Waals surface area contributed by atoms with E-state index in [1.807, 2.05) is 42.2 Å². The van der Waals surface area contributed by atoms with Crippen LogP contribution in [-0.2, 0) is 11.2 Å². The van der Waals surface area contributed by atoms with Gasteiger partial charge in [0, 0.05) is 24.6 Å². The Kier molecular flexibility index (Phi) is 4.32. The molecule has 2 aromatic rings. The maximum Gasteiger partial charge on any atom is 0.312 e. The maximum absolute atomic E-state index is 11.9. The van der Waals surface area contributed by atoms with Crippen molar-refractivity contribution < 1.29 is 15.0 Å². The molecule has 0 unspecified atom stereocenters. The van der Waals surface area contributed by atoms with Crippen molar-refractivity contribution >= 4 is 22.6 Å². The van der Waals surface area contributed by atoms with E-state index < -0.39 is 17.5 Å². The van der Waals surface area contributed by atoms with Gasteiger partial charge in [-0.1, -0.05) is 30.3 Å². The molecular weight excluding hydrogens is 314 g/mol. The van der Waals surface area contributed by atoms with Gasteiger partial charge in [0.1, 0.15) is 11.2 Å². The number of rotatable bonds is 4. The van der Waals surface area contributed by atoms with Gasteiger partial charge in [-0.2, -0.15) is 4.37 Å². The highest BCUT2D eigenvalue weighted by atomic mass is 32.1. The van der Waals surface area contributed by atoms with Crippen LogP contribution in [0, 0.1) is 12.3 Å². The second-order valence-corrected chi connectivity index (χ2v) is 6.69. The molecule has 1 aromatic carbocycles. The Morgan fingerprint density at radius 3 is 2.74 bits per heavy atom. The van der Waals surface area contributed by atoms with Gasteiger partial charge in [-0.15, -0.1) is 0 Å². The summed E-state index contributed by atoms with van der Waals surface area (Å²) in [5.74, 6) is -0.249. The average molecular weight is 333 g/mol. The number of hydrogen-bond donors (Lipinski definition) is 2. The Hall–Kier alpha value is -1.99. The molecule has 0 radical (unpaired) electrons. The third-order valence-corrected chi connectivity index (χ3v) is 5.30. The van der Waals surface area contributed by atoms with Crippen LogP contribution in [-0.4, -0.2) is 44.7 Å². The van der Waals surface area contributed by atoms with Gasteiger partial charge in [-0.05, 0) is 25.3 Å². The zero-order chi connectivity index (χ0) is 16.4. The molecule has 0 aliphatic carbocycles. The number of benzene rings is 1. The van der Waals surface area contributed by atoms with E-state index in [1.54, 1.807) is 0 Å². The standard InChI is InChI=1S/C16H19N3O3S/c1-11-17-15(23-18-11)19-8-7-16(14(21)22,13(20)10-19)9-12-5-3-2-4-6-12/h2-6,13,20H,7-10H2,1H3,(H,21,22)/t13-,16+/m0/s1. The van der Waals surface area contributed by atoms with Crippen molar-refractivity contribution in [2.75, 3.05) is 18.0 Å². The highest BCUT2D eigenvalue weighted by Crippen LogP contribution is 2.37. The Balaban J connectivity index is 1.81. The molecule has 1 aliphatic heterocycles. The SMILES string of the molecule is Cc1nsc(N2CC[C@](Cc3ccccc3)(C(=O)O)[C@@H](O)C2)n1. The fraction of sp³-hybridized carbons (Fsp3) is 0.438. The van der Waals surface area contributed by atoms with E-state index in [0.29, 0.717) is 25.2 Å². The maximum atomic E-state index is 11.9. The van der Waals surface area contributed by atoms with Gasteiger partial charge in [0.05, 0.1) is 6.10 Å². The first-order chi connectivity index (χ1) is 11.0. The van der Waals surface area contributed by atoms with E-state index in [-0.39, 0.29) is 6.54 Å². The van der Waals surface area contributed by atoms with Crippen LogP contribution in [0.3, 0.4) is 0 Å². The molecular formula is C16H19N3O3S. The third-order valence-electron chi connectivity index (χ3n) is 4.43. The molecule has 6 nitrogen and oxygen atoms in total. The zero-order valence-electron chi connectivity index (χ0n) is 12.8. The zero-order valence-corrected chi connectivity index (χ0v) is 13.7. The smallest absolute Gasteiger partial charge is 0.312 e. The highest BCUT2D eigenvalue weighted by molar-refractivity contribution is 7.09. The second kappa shape index (κ2) is 6.25. The van der Waals surface area contributed by atoms with Gasteiger partial charge in [-0.25, -0.2) is 4.98 Å². The van der Waals surface area contributed by atoms with Gasteiger partial charge in [-0.3, -0.25) is 4.79 Å². The van der Waals surface area contributed by atoms with Crippen molar-refractivity contribution in [2.24, 2.45) is 5.41 Å². The number of aliphatic hydroxyl groups excluding tert-OH is 1. The number of aromatic nitrogens is 2. The monoisotopic (exact) mass is 333 g/mol. The molecule has 2 N–H and O–H groups in total.